The van der Waals surface area contributed by atoms with Crippen molar-refractivity contribution in [3.63, 3.8) is 0 Å². The average Bonchev–Trinajstić information content (AvgIpc) is 2.01. The lowest BCUT2D eigenvalue weighted by Crippen LogP contribution is -2.19. The number of hydrogen-bond donors (Lipinski definition) is 1. The van der Waals surface area contributed by atoms with Gasteiger partial charge >= 0.3 is 0 Å². The second kappa shape index (κ2) is 4.61. The van der Waals surface area contributed by atoms with Crippen molar-refractivity contribution in [2.45, 2.75) is 40.7 Å². The van der Waals surface area contributed by atoms with Gasteiger partial charge in [0.1, 0.15) is 0 Å². The third-order valence-electron chi connectivity index (χ3n) is 2.68. The van der Waals surface area contributed by atoms with Gasteiger partial charge in [0.05, 0.1) is 0 Å². The van der Waals surface area contributed by atoms with E-state index in [1.54, 1.807) is 0 Å². The van der Waals surface area contributed by atoms with Crippen molar-refractivity contribution in [3.8, 4) is 0 Å². The van der Waals surface area contributed by atoms with Gasteiger partial charge in [-0.05, 0) is 50.9 Å². The Bertz CT molecular complexity index is 292. The van der Waals surface area contributed by atoms with Crippen molar-refractivity contribution in [3.05, 3.63) is 34.4 Å². The van der Waals surface area contributed by atoms with Gasteiger partial charge in [0.15, 0.2) is 0 Å². The van der Waals surface area contributed by atoms with Crippen LogP contribution in [0.15, 0.2) is 12.1 Å². The molecule has 1 nitrogen and oxygen atoms in total. The molecule has 0 bridgehead atoms. The van der Waals surface area contributed by atoms with Crippen molar-refractivity contribution in [2.24, 2.45) is 0 Å². The number of nitrogens with one attached hydrogen (secondary N) is 1. The highest BCUT2D eigenvalue weighted by Crippen LogP contribution is 2.22. The van der Waals surface area contributed by atoms with E-state index < -0.39 is 0 Å². The van der Waals surface area contributed by atoms with E-state index in [-0.39, 0.29) is 0 Å². The van der Waals surface area contributed by atoms with Crippen molar-refractivity contribution < 1.29 is 0 Å². The van der Waals surface area contributed by atoms with Gasteiger partial charge in [-0.3, -0.25) is 0 Å². The van der Waals surface area contributed by atoms with Crippen LogP contribution in [0.1, 0.15) is 42.1 Å². The summed E-state index contributed by atoms with van der Waals surface area (Å²) in [6.07, 6.45) is 0. The molecule has 0 saturated carbocycles. The fraction of sp³-hybridized carbons (Fsp3) is 0.538. The summed E-state index contributed by atoms with van der Waals surface area (Å²) in [5.74, 6) is 0. The standard InChI is InChI=1S/C13H21N/c1-6-14-12(5)13-10(3)7-9(2)8-11(13)4/h7-8,12,14H,6H2,1-5H3. The molecule has 78 valence electrons. The lowest BCUT2D eigenvalue weighted by atomic mass is 9.95. The van der Waals surface area contributed by atoms with Crippen LogP contribution in [0.3, 0.4) is 0 Å². The topological polar surface area (TPSA) is 12.0 Å². The smallest absolute Gasteiger partial charge is 0.0296 e. The third-order valence-corrected chi connectivity index (χ3v) is 2.68. The summed E-state index contributed by atoms with van der Waals surface area (Å²) in [7, 11) is 0. The van der Waals surface area contributed by atoms with Crippen molar-refractivity contribution in [2.75, 3.05) is 6.54 Å². The summed E-state index contributed by atoms with van der Waals surface area (Å²) >= 11 is 0. The maximum atomic E-state index is 3.46. The minimum atomic E-state index is 0.459. The van der Waals surface area contributed by atoms with Crippen LogP contribution in [0.2, 0.25) is 0 Å². The van der Waals surface area contributed by atoms with Crippen molar-refractivity contribution >= 4 is 0 Å². The predicted octanol–water partition coefficient (Wildman–Crippen LogP) is 3.28. The van der Waals surface area contributed by atoms with E-state index in [0.29, 0.717) is 6.04 Å². The highest BCUT2D eigenvalue weighted by atomic mass is 14.9. The lowest BCUT2D eigenvalue weighted by Gasteiger charge is -2.19. The Kier molecular flexibility index (Phi) is 3.70. The largest absolute Gasteiger partial charge is 0.310 e. The normalized spacial score (nSPS) is 12.9. The number of aryl methyl sites for hydroxylation is 3. The van der Waals surface area contributed by atoms with Gasteiger partial charge < -0.3 is 5.32 Å². The monoisotopic (exact) mass is 191 g/mol. The maximum Gasteiger partial charge on any atom is 0.0296 e. The molecular weight excluding hydrogens is 170 g/mol. The van der Waals surface area contributed by atoms with Gasteiger partial charge in [-0.1, -0.05) is 24.6 Å². The first-order chi connectivity index (χ1) is 6.56. The summed E-state index contributed by atoms with van der Waals surface area (Å²) in [4.78, 5) is 0. The number of benzene rings is 1. The Morgan fingerprint density at radius 2 is 1.64 bits per heavy atom. The molecule has 14 heavy (non-hydrogen) atoms. The second-order valence-electron chi connectivity index (χ2n) is 4.09. The minimum Gasteiger partial charge on any atom is -0.310 e. The molecule has 1 rings (SSSR count). The lowest BCUT2D eigenvalue weighted by molar-refractivity contribution is 0.592. The SMILES string of the molecule is CCNC(C)c1c(C)cc(C)cc1C. The van der Waals surface area contributed by atoms with Gasteiger partial charge in [0, 0.05) is 6.04 Å². The first kappa shape index (κ1) is 11.3. The van der Waals surface area contributed by atoms with Crippen LogP contribution in [-0.2, 0) is 0 Å². The highest BCUT2D eigenvalue weighted by molar-refractivity contribution is 5.39. The summed E-state index contributed by atoms with van der Waals surface area (Å²) in [6.45, 7) is 11.9. The molecule has 0 fully saturated rings. The molecular formula is C13H21N. The van der Waals surface area contributed by atoms with Crippen LogP contribution in [0, 0.1) is 20.8 Å². The van der Waals surface area contributed by atoms with Crippen LogP contribution < -0.4 is 5.32 Å². The summed E-state index contributed by atoms with van der Waals surface area (Å²) in [6, 6.07) is 4.98. The molecule has 0 aliphatic carbocycles. The van der Waals surface area contributed by atoms with E-state index in [0.717, 1.165) is 6.54 Å². The minimum absolute atomic E-state index is 0.459. The summed E-state index contributed by atoms with van der Waals surface area (Å²) in [5.41, 5.74) is 5.61. The molecule has 0 amide bonds. The van der Waals surface area contributed by atoms with Crippen LogP contribution in [0.5, 0.6) is 0 Å². The summed E-state index contributed by atoms with van der Waals surface area (Å²) in [5, 5.41) is 3.46. The fourth-order valence-electron chi connectivity index (χ4n) is 2.28. The number of rotatable bonds is 3. The molecule has 0 aliphatic rings. The first-order valence-electron chi connectivity index (χ1n) is 5.37. The Hall–Kier alpha value is -0.820. The quantitative estimate of drug-likeness (QED) is 0.773. The van der Waals surface area contributed by atoms with Gasteiger partial charge in [0.2, 0.25) is 0 Å². The third kappa shape index (κ3) is 2.36. The number of hydrogen-bond acceptors (Lipinski definition) is 1. The average molecular weight is 191 g/mol. The van der Waals surface area contributed by atoms with E-state index in [4.69, 9.17) is 0 Å². The molecule has 1 N–H and O–H groups in total. The van der Waals surface area contributed by atoms with Crippen LogP contribution >= 0.6 is 0 Å². The first-order valence-corrected chi connectivity index (χ1v) is 5.37. The van der Waals surface area contributed by atoms with Gasteiger partial charge in [-0.2, -0.15) is 0 Å². The molecule has 0 heterocycles. The highest BCUT2D eigenvalue weighted by Gasteiger charge is 2.10. The maximum absolute atomic E-state index is 3.46. The van der Waals surface area contributed by atoms with Crippen molar-refractivity contribution in [1.29, 1.82) is 0 Å². The molecule has 1 unspecified atom stereocenters. The Balaban J connectivity index is 3.07. The Labute approximate surface area is 87.5 Å². The molecule has 1 atom stereocenters. The fourth-order valence-corrected chi connectivity index (χ4v) is 2.28. The molecule has 0 saturated heterocycles. The molecule has 0 radical (unpaired) electrons. The van der Waals surface area contributed by atoms with E-state index in [1.165, 1.54) is 22.3 Å². The van der Waals surface area contributed by atoms with E-state index >= 15 is 0 Å². The Morgan fingerprint density at radius 3 is 2.07 bits per heavy atom. The summed E-state index contributed by atoms with van der Waals surface area (Å²) < 4.78 is 0. The second-order valence-corrected chi connectivity index (χ2v) is 4.09. The van der Waals surface area contributed by atoms with Crippen LogP contribution in [0.25, 0.3) is 0 Å². The predicted molar refractivity (Wildman–Crippen MR) is 62.7 cm³/mol. The van der Waals surface area contributed by atoms with Gasteiger partial charge in [-0.25, -0.2) is 0 Å². The molecule has 0 aromatic heterocycles. The zero-order valence-corrected chi connectivity index (χ0v) is 9.94. The zero-order valence-electron chi connectivity index (χ0n) is 9.94. The van der Waals surface area contributed by atoms with Crippen LogP contribution in [0.4, 0.5) is 0 Å². The zero-order chi connectivity index (χ0) is 10.7. The van der Waals surface area contributed by atoms with Gasteiger partial charge in [0.25, 0.3) is 0 Å². The molecule has 1 aromatic rings. The molecule has 1 aromatic carbocycles. The van der Waals surface area contributed by atoms with E-state index in [1.807, 2.05) is 0 Å². The Morgan fingerprint density at radius 1 is 1.14 bits per heavy atom. The van der Waals surface area contributed by atoms with E-state index in [2.05, 4.69) is 52.1 Å². The molecule has 0 spiro atoms. The van der Waals surface area contributed by atoms with Crippen LogP contribution in [-0.4, -0.2) is 6.54 Å². The molecule has 0 aliphatic heterocycles. The van der Waals surface area contributed by atoms with Gasteiger partial charge in [-0.15, -0.1) is 0 Å². The van der Waals surface area contributed by atoms with Crippen molar-refractivity contribution in [1.82, 2.24) is 5.32 Å². The molecule has 1 heteroatoms. The van der Waals surface area contributed by atoms with E-state index in [9.17, 15) is 0 Å².